The molecule has 1 aromatic carbocycles. The van der Waals surface area contributed by atoms with Gasteiger partial charge >= 0.3 is 0 Å². The molecule has 1 aliphatic heterocycles. The number of nitriles is 1. The first kappa shape index (κ1) is 20.3. The zero-order valence-corrected chi connectivity index (χ0v) is 17.9. The lowest BCUT2D eigenvalue weighted by atomic mass is 10.2. The van der Waals surface area contributed by atoms with Crippen LogP contribution in [0.1, 0.15) is 36.5 Å². The van der Waals surface area contributed by atoms with Crippen LogP contribution in [-0.4, -0.2) is 19.3 Å². The maximum Gasteiger partial charge on any atom is 0.269 e. The summed E-state index contributed by atoms with van der Waals surface area (Å²) in [7, 11) is 0. The number of halogens is 1. The molecule has 8 heteroatoms. The van der Waals surface area contributed by atoms with Crippen LogP contribution in [0.25, 0.3) is 11.6 Å². The first-order valence-electron chi connectivity index (χ1n) is 9.77. The van der Waals surface area contributed by atoms with E-state index in [-0.39, 0.29) is 5.56 Å². The normalized spacial score (nSPS) is 15.3. The molecule has 0 aliphatic carbocycles. The van der Waals surface area contributed by atoms with Crippen molar-refractivity contribution in [2.24, 2.45) is 0 Å². The molecule has 4 rings (SSSR count). The second kappa shape index (κ2) is 8.82. The average Bonchev–Trinajstić information content (AvgIpc) is 3.17. The highest BCUT2D eigenvalue weighted by Gasteiger charge is 2.20. The second-order valence-electron chi connectivity index (χ2n) is 7.06. The van der Waals surface area contributed by atoms with Gasteiger partial charge in [0.1, 0.15) is 22.1 Å². The Bertz CT molecular complexity index is 1310. The topological polar surface area (TPSA) is 76.5 Å². The summed E-state index contributed by atoms with van der Waals surface area (Å²) >= 11 is 7.25. The summed E-state index contributed by atoms with van der Waals surface area (Å²) in [5.41, 5.74) is 1.08. The predicted molar refractivity (Wildman–Crippen MR) is 119 cm³/mol. The Hall–Kier alpha value is -2.95. The highest BCUT2D eigenvalue weighted by molar-refractivity contribution is 7.07. The first-order valence-corrected chi connectivity index (χ1v) is 11.0. The maximum absolute atomic E-state index is 13.1. The number of nitrogens with zero attached hydrogens (tertiary/aromatic N) is 5. The van der Waals surface area contributed by atoms with Gasteiger partial charge in [-0.05, 0) is 36.6 Å². The summed E-state index contributed by atoms with van der Waals surface area (Å²) in [6, 6.07) is 9.55. The van der Waals surface area contributed by atoms with Crippen LogP contribution in [0.15, 0.2) is 41.7 Å². The third-order valence-corrected chi connectivity index (χ3v) is 6.43. The van der Waals surface area contributed by atoms with E-state index in [9.17, 15) is 10.1 Å². The molecule has 0 spiro atoms. The molecular formula is C22H20ClN5OS. The van der Waals surface area contributed by atoms with E-state index in [0.29, 0.717) is 32.2 Å². The van der Waals surface area contributed by atoms with E-state index in [1.165, 1.54) is 11.3 Å². The molecule has 0 atom stereocenters. The monoisotopic (exact) mass is 437 g/mol. The number of aromatic nitrogens is 4. The van der Waals surface area contributed by atoms with Crippen molar-refractivity contribution >= 4 is 34.6 Å². The lowest BCUT2D eigenvalue weighted by Gasteiger charge is -2.06. The lowest BCUT2D eigenvalue weighted by Crippen LogP contribution is -2.32. The van der Waals surface area contributed by atoms with E-state index in [1.807, 2.05) is 22.8 Å². The summed E-state index contributed by atoms with van der Waals surface area (Å²) in [5.74, 6) is 1.43. The molecule has 0 saturated heterocycles. The third kappa shape index (κ3) is 3.89. The average molecular weight is 438 g/mol. The molecule has 0 N–H and O–H groups in total. The van der Waals surface area contributed by atoms with Crippen LogP contribution in [0.3, 0.4) is 0 Å². The largest absolute Gasteiger partial charge is 0.310 e. The number of allylic oxidation sites excluding steroid dienone is 1. The fourth-order valence-corrected chi connectivity index (χ4v) is 4.81. The SMILES string of the molecule is C=CCn1c(=O)/c(=C\c2ccc(Cl)cc2)s/c1=C(/C#N)c1nnc2n1CCCCC2. The van der Waals surface area contributed by atoms with Crippen molar-refractivity contribution in [3.63, 3.8) is 0 Å². The summed E-state index contributed by atoms with van der Waals surface area (Å²) in [6.07, 6.45) is 7.54. The van der Waals surface area contributed by atoms with Crippen molar-refractivity contribution < 1.29 is 0 Å². The molecule has 2 aromatic heterocycles. The molecule has 152 valence electrons. The smallest absolute Gasteiger partial charge is 0.269 e. The summed E-state index contributed by atoms with van der Waals surface area (Å²) < 4.78 is 4.71. The van der Waals surface area contributed by atoms with Gasteiger partial charge in [0.2, 0.25) is 0 Å². The van der Waals surface area contributed by atoms with Crippen molar-refractivity contribution in [3.05, 3.63) is 78.7 Å². The van der Waals surface area contributed by atoms with Crippen LogP contribution in [0.5, 0.6) is 0 Å². The molecule has 30 heavy (non-hydrogen) atoms. The fourth-order valence-electron chi connectivity index (χ4n) is 3.57. The van der Waals surface area contributed by atoms with Crippen LogP contribution in [-0.2, 0) is 19.5 Å². The number of hydrogen-bond donors (Lipinski definition) is 0. The fraction of sp³-hybridized carbons (Fsp3) is 0.273. The quantitative estimate of drug-likeness (QED) is 0.588. The number of fused-ring (bicyclic) bond motifs is 1. The van der Waals surface area contributed by atoms with Gasteiger partial charge in [-0.3, -0.25) is 9.36 Å². The number of rotatable bonds is 4. The molecule has 3 aromatic rings. The van der Waals surface area contributed by atoms with E-state index < -0.39 is 0 Å². The molecular weight excluding hydrogens is 418 g/mol. The van der Waals surface area contributed by atoms with Crippen molar-refractivity contribution in [2.45, 2.75) is 38.8 Å². The Balaban J connectivity index is 1.97. The Morgan fingerprint density at radius 2 is 2.07 bits per heavy atom. The minimum atomic E-state index is -0.159. The highest BCUT2D eigenvalue weighted by atomic mass is 35.5. The second-order valence-corrected chi connectivity index (χ2v) is 8.53. The molecule has 6 nitrogen and oxygen atoms in total. The van der Waals surface area contributed by atoms with Gasteiger partial charge in [0.25, 0.3) is 5.56 Å². The molecule has 3 heterocycles. The highest BCUT2D eigenvalue weighted by Crippen LogP contribution is 2.18. The van der Waals surface area contributed by atoms with E-state index in [4.69, 9.17) is 11.6 Å². The van der Waals surface area contributed by atoms with Crippen LogP contribution in [0.2, 0.25) is 5.02 Å². The van der Waals surface area contributed by atoms with Crippen molar-refractivity contribution in [3.8, 4) is 6.07 Å². The van der Waals surface area contributed by atoms with Crippen molar-refractivity contribution in [1.82, 2.24) is 19.3 Å². The van der Waals surface area contributed by atoms with Gasteiger partial charge < -0.3 is 4.57 Å². The molecule has 0 fully saturated rings. The van der Waals surface area contributed by atoms with E-state index in [2.05, 4.69) is 22.8 Å². The van der Waals surface area contributed by atoms with Gasteiger partial charge in [0, 0.05) is 24.5 Å². The van der Waals surface area contributed by atoms with Crippen LogP contribution >= 0.6 is 22.9 Å². The number of hydrogen-bond acceptors (Lipinski definition) is 5. The number of aryl methyl sites for hydroxylation is 1. The van der Waals surface area contributed by atoms with Gasteiger partial charge in [-0.1, -0.05) is 36.2 Å². The molecule has 1 aliphatic rings. The van der Waals surface area contributed by atoms with E-state index in [0.717, 1.165) is 43.6 Å². The molecule has 0 bridgehead atoms. The number of thiazole rings is 1. The van der Waals surface area contributed by atoms with Crippen molar-refractivity contribution in [2.75, 3.05) is 0 Å². The van der Waals surface area contributed by atoms with Crippen LogP contribution in [0.4, 0.5) is 0 Å². The maximum atomic E-state index is 13.1. The standard InChI is InChI=1S/C22H20ClN5OS/c1-2-11-28-21(29)18(13-15-7-9-16(23)10-8-15)30-22(28)17(14-24)20-26-25-19-6-4-3-5-12-27(19)20/h2,7-10,13H,1,3-6,11-12H2/b18-13+,22-17-. The van der Waals surface area contributed by atoms with Crippen LogP contribution in [0, 0.1) is 11.3 Å². The Kier molecular flexibility index (Phi) is 5.98. The van der Waals surface area contributed by atoms with E-state index >= 15 is 0 Å². The van der Waals surface area contributed by atoms with Gasteiger partial charge in [-0.2, -0.15) is 5.26 Å². The first-order chi connectivity index (χ1) is 14.6. The van der Waals surface area contributed by atoms with Gasteiger partial charge in [0.15, 0.2) is 5.82 Å². The zero-order chi connectivity index (χ0) is 21.1. The van der Waals surface area contributed by atoms with Gasteiger partial charge in [-0.25, -0.2) is 0 Å². The molecule has 0 saturated carbocycles. The van der Waals surface area contributed by atoms with Gasteiger partial charge in [0.05, 0.1) is 4.53 Å². The summed E-state index contributed by atoms with van der Waals surface area (Å²) in [5, 5.41) is 19.3. The van der Waals surface area contributed by atoms with E-state index in [1.54, 1.807) is 22.8 Å². The minimum Gasteiger partial charge on any atom is -0.310 e. The zero-order valence-electron chi connectivity index (χ0n) is 16.3. The molecule has 0 radical (unpaired) electrons. The number of benzene rings is 1. The summed E-state index contributed by atoms with van der Waals surface area (Å²) in [6.45, 7) is 4.86. The molecule has 0 unspecified atom stereocenters. The Morgan fingerprint density at radius 3 is 2.80 bits per heavy atom. The van der Waals surface area contributed by atoms with Gasteiger partial charge in [-0.15, -0.1) is 28.1 Å². The summed E-state index contributed by atoms with van der Waals surface area (Å²) in [4.78, 5) is 13.1. The van der Waals surface area contributed by atoms with Crippen LogP contribution < -0.4 is 14.8 Å². The minimum absolute atomic E-state index is 0.159. The Labute approximate surface area is 182 Å². The lowest BCUT2D eigenvalue weighted by molar-refractivity contribution is 0.626. The molecule has 0 amide bonds. The predicted octanol–water partition coefficient (Wildman–Crippen LogP) is 2.62. The Morgan fingerprint density at radius 1 is 1.27 bits per heavy atom. The van der Waals surface area contributed by atoms with Crippen molar-refractivity contribution in [1.29, 1.82) is 5.26 Å². The third-order valence-electron chi connectivity index (χ3n) is 5.05.